The van der Waals surface area contributed by atoms with E-state index < -0.39 is 0 Å². The first-order valence-electron chi connectivity index (χ1n) is 5.42. The minimum atomic E-state index is 0.0640. The maximum atomic E-state index is 11.6. The number of alkyl halides is 1. The summed E-state index contributed by atoms with van der Waals surface area (Å²) < 4.78 is 0. The van der Waals surface area contributed by atoms with Crippen LogP contribution >= 0.6 is 11.6 Å². The van der Waals surface area contributed by atoms with Crippen LogP contribution in [0.25, 0.3) is 0 Å². The molecule has 1 amide bonds. The van der Waals surface area contributed by atoms with Gasteiger partial charge in [0.15, 0.2) is 0 Å². The zero-order chi connectivity index (χ0) is 11.1. The van der Waals surface area contributed by atoms with Crippen LogP contribution in [0.15, 0.2) is 0 Å². The van der Waals surface area contributed by atoms with E-state index in [1.54, 1.807) is 0 Å². The van der Waals surface area contributed by atoms with E-state index in [-0.39, 0.29) is 11.8 Å². The third-order valence-corrected chi connectivity index (χ3v) is 2.61. The summed E-state index contributed by atoms with van der Waals surface area (Å²) in [5.41, 5.74) is 0. The number of halogens is 1. The normalized spacial score (nSPS) is 11.1. The molecule has 0 saturated heterocycles. The molecule has 0 aromatic rings. The number of amides is 1. The fraction of sp³-hybridized carbons (Fsp3) is 0.909. The van der Waals surface area contributed by atoms with E-state index in [2.05, 4.69) is 27.7 Å². The first-order chi connectivity index (χ1) is 6.56. The minimum absolute atomic E-state index is 0.0640. The average Bonchev–Trinajstić information content (AvgIpc) is 2.16. The highest BCUT2D eigenvalue weighted by atomic mass is 35.5. The Morgan fingerprint density at radius 2 is 1.79 bits per heavy atom. The van der Waals surface area contributed by atoms with E-state index in [0.717, 1.165) is 19.4 Å². The van der Waals surface area contributed by atoms with Crippen molar-refractivity contribution in [1.82, 2.24) is 4.90 Å². The molecule has 2 nitrogen and oxygen atoms in total. The van der Waals surface area contributed by atoms with Gasteiger partial charge in [0.1, 0.15) is 5.88 Å². The number of carbonyl (C=O) groups is 1. The standard InChI is InChI=1S/C11H22ClNO/c1-5-10(6-2)13(8-9(3)4)11(14)7-12/h9-10H,5-8H2,1-4H3. The Morgan fingerprint density at radius 1 is 1.29 bits per heavy atom. The number of hydrogen-bond acceptors (Lipinski definition) is 1. The van der Waals surface area contributed by atoms with Crippen molar-refractivity contribution in [2.45, 2.75) is 46.6 Å². The molecule has 0 spiro atoms. The van der Waals surface area contributed by atoms with Crippen LogP contribution < -0.4 is 0 Å². The maximum Gasteiger partial charge on any atom is 0.237 e. The monoisotopic (exact) mass is 219 g/mol. The Labute approximate surface area is 92.6 Å². The van der Waals surface area contributed by atoms with Crippen molar-refractivity contribution >= 4 is 17.5 Å². The van der Waals surface area contributed by atoms with Crippen LogP contribution in [0.2, 0.25) is 0 Å². The van der Waals surface area contributed by atoms with Gasteiger partial charge < -0.3 is 4.90 Å². The van der Waals surface area contributed by atoms with E-state index in [1.165, 1.54) is 0 Å². The molecule has 0 aromatic heterocycles. The van der Waals surface area contributed by atoms with Crippen molar-refractivity contribution in [1.29, 1.82) is 0 Å². The average molecular weight is 220 g/mol. The summed E-state index contributed by atoms with van der Waals surface area (Å²) in [6.45, 7) is 9.29. The summed E-state index contributed by atoms with van der Waals surface area (Å²) in [7, 11) is 0. The highest BCUT2D eigenvalue weighted by Crippen LogP contribution is 2.12. The fourth-order valence-electron chi connectivity index (χ4n) is 1.65. The van der Waals surface area contributed by atoms with Crippen LogP contribution in [0.1, 0.15) is 40.5 Å². The maximum absolute atomic E-state index is 11.6. The summed E-state index contributed by atoms with van der Waals surface area (Å²) in [5.74, 6) is 0.667. The Kier molecular flexibility index (Phi) is 6.98. The molecule has 0 rings (SSSR count). The van der Waals surface area contributed by atoms with E-state index in [0.29, 0.717) is 12.0 Å². The SMILES string of the molecule is CCC(CC)N(CC(C)C)C(=O)CCl. The van der Waals surface area contributed by atoms with E-state index >= 15 is 0 Å². The third kappa shape index (κ3) is 4.32. The molecule has 0 fully saturated rings. The van der Waals surface area contributed by atoms with Crippen molar-refractivity contribution in [3.05, 3.63) is 0 Å². The minimum Gasteiger partial charge on any atom is -0.338 e. The quantitative estimate of drug-likeness (QED) is 0.630. The van der Waals surface area contributed by atoms with Gasteiger partial charge in [-0.1, -0.05) is 27.7 Å². The molecule has 0 bridgehead atoms. The van der Waals surface area contributed by atoms with Gasteiger partial charge in [-0.25, -0.2) is 0 Å². The van der Waals surface area contributed by atoms with Gasteiger partial charge in [0.25, 0.3) is 0 Å². The largest absolute Gasteiger partial charge is 0.338 e. The molecule has 0 aliphatic carbocycles. The summed E-state index contributed by atoms with van der Waals surface area (Å²) in [6, 6.07) is 0.351. The van der Waals surface area contributed by atoms with Crippen molar-refractivity contribution < 1.29 is 4.79 Å². The van der Waals surface area contributed by atoms with Crippen LogP contribution in [0.5, 0.6) is 0 Å². The molecule has 0 aliphatic rings. The Bertz CT molecular complexity index is 167. The lowest BCUT2D eigenvalue weighted by Gasteiger charge is -2.31. The number of carbonyl (C=O) groups excluding carboxylic acids is 1. The summed E-state index contributed by atoms with van der Waals surface area (Å²) >= 11 is 5.60. The molecule has 0 heterocycles. The zero-order valence-electron chi connectivity index (χ0n) is 9.72. The van der Waals surface area contributed by atoms with Gasteiger partial charge in [0, 0.05) is 12.6 Å². The van der Waals surface area contributed by atoms with Crippen molar-refractivity contribution in [2.75, 3.05) is 12.4 Å². The first kappa shape index (κ1) is 13.8. The van der Waals surface area contributed by atoms with E-state index in [1.807, 2.05) is 4.90 Å². The molecule has 84 valence electrons. The van der Waals surface area contributed by atoms with Crippen molar-refractivity contribution in [2.24, 2.45) is 5.92 Å². The second-order valence-corrected chi connectivity index (χ2v) is 4.31. The predicted molar refractivity (Wildman–Crippen MR) is 61.6 cm³/mol. The van der Waals surface area contributed by atoms with Gasteiger partial charge in [0.05, 0.1) is 0 Å². The Morgan fingerprint density at radius 3 is 2.07 bits per heavy atom. The van der Waals surface area contributed by atoms with Crippen LogP contribution in [0.4, 0.5) is 0 Å². The molecule has 0 N–H and O–H groups in total. The van der Waals surface area contributed by atoms with Crippen LogP contribution in [-0.4, -0.2) is 29.3 Å². The van der Waals surface area contributed by atoms with Crippen molar-refractivity contribution in [3.8, 4) is 0 Å². The van der Waals surface area contributed by atoms with Gasteiger partial charge in [-0.15, -0.1) is 11.6 Å². The number of nitrogens with zero attached hydrogens (tertiary/aromatic N) is 1. The smallest absolute Gasteiger partial charge is 0.237 e. The predicted octanol–water partition coefficient (Wildman–Crippen LogP) is 2.90. The molecule has 0 unspecified atom stereocenters. The fourth-order valence-corrected chi connectivity index (χ4v) is 1.81. The Hall–Kier alpha value is -0.240. The van der Waals surface area contributed by atoms with Gasteiger partial charge in [-0.2, -0.15) is 0 Å². The molecular weight excluding hydrogens is 198 g/mol. The first-order valence-corrected chi connectivity index (χ1v) is 5.95. The molecule has 0 atom stereocenters. The highest BCUT2D eigenvalue weighted by molar-refractivity contribution is 6.27. The van der Waals surface area contributed by atoms with Gasteiger partial charge in [-0.05, 0) is 18.8 Å². The molecule has 0 saturated carbocycles. The topological polar surface area (TPSA) is 20.3 Å². The number of hydrogen-bond donors (Lipinski definition) is 0. The Balaban J connectivity index is 4.43. The molecule has 0 aromatic carbocycles. The highest BCUT2D eigenvalue weighted by Gasteiger charge is 2.20. The third-order valence-electron chi connectivity index (χ3n) is 2.38. The summed E-state index contributed by atoms with van der Waals surface area (Å²) in [4.78, 5) is 13.5. The van der Waals surface area contributed by atoms with Crippen molar-refractivity contribution in [3.63, 3.8) is 0 Å². The lowest BCUT2D eigenvalue weighted by Crippen LogP contribution is -2.42. The lowest BCUT2D eigenvalue weighted by molar-refractivity contribution is -0.131. The van der Waals surface area contributed by atoms with Crippen LogP contribution in [0, 0.1) is 5.92 Å². The van der Waals surface area contributed by atoms with E-state index in [4.69, 9.17) is 11.6 Å². The zero-order valence-corrected chi connectivity index (χ0v) is 10.5. The van der Waals surface area contributed by atoms with Gasteiger partial charge in [-0.3, -0.25) is 4.79 Å². The molecule has 14 heavy (non-hydrogen) atoms. The second-order valence-electron chi connectivity index (χ2n) is 4.04. The summed E-state index contributed by atoms with van der Waals surface area (Å²) in [5, 5.41) is 0. The van der Waals surface area contributed by atoms with Crippen LogP contribution in [0.3, 0.4) is 0 Å². The summed E-state index contributed by atoms with van der Waals surface area (Å²) in [6.07, 6.45) is 2.01. The molecule has 0 radical (unpaired) electrons. The second kappa shape index (κ2) is 7.10. The molecular formula is C11H22ClNO. The number of rotatable bonds is 6. The molecule has 3 heteroatoms. The lowest BCUT2D eigenvalue weighted by atomic mass is 10.1. The molecule has 0 aliphatic heterocycles. The van der Waals surface area contributed by atoms with Gasteiger partial charge >= 0.3 is 0 Å². The van der Waals surface area contributed by atoms with Gasteiger partial charge in [0.2, 0.25) is 5.91 Å². The van der Waals surface area contributed by atoms with E-state index in [9.17, 15) is 4.79 Å². The van der Waals surface area contributed by atoms with Crippen LogP contribution in [-0.2, 0) is 4.79 Å².